The molecule has 2 fully saturated rings. The van der Waals surface area contributed by atoms with Gasteiger partial charge in [-0.15, -0.1) is 0 Å². The van der Waals surface area contributed by atoms with Gasteiger partial charge in [-0.1, -0.05) is 6.07 Å². The van der Waals surface area contributed by atoms with Crippen molar-refractivity contribution in [1.82, 2.24) is 9.80 Å². The van der Waals surface area contributed by atoms with Gasteiger partial charge in [0.1, 0.15) is 11.4 Å². The summed E-state index contributed by atoms with van der Waals surface area (Å²) in [5.74, 6) is -0.992. The SMILES string of the molecule is CN(C(=O)c1ccc(B2OC(C)(C)C(C)(C)O2)cc1F)C1CCN(C(=O)OC(C)(C)C)CC1. The quantitative estimate of drug-likeness (QED) is 0.643. The molecule has 2 amide bonds. The van der Waals surface area contributed by atoms with E-state index in [1.807, 2.05) is 48.5 Å². The summed E-state index contributed by atoms with van der Waals surface area (Å²) in [6.45, 7) is 14.2. The number of amides is 2. The van der Waals surface area contributed by atoms with Crippen LogP contribution in [0.4, 0.5) is 9.18 Å². The fourth-order valence-corrected chi connectivity index (χ4v) is 3.95. The average molecular weight is 462 g/mol. The monoisotopic (exact) mass is 462 g/mol. The highest BCUT2D eigenvalue weighted by molar-refractivity contribution is 6.62. The third-order valence-electron chi connectivity index (χ3n) is 6.73. The molecule has 2 aliphatic heterocycles. The van der Waals surface area contributed by atoms with Crippen molar-refractivity contribution in [2.75, 3.05) is 20.1 Å². The van der Waals surface area contributed by atoms with E-state index in [2.05, 4.69) is 0 Å². The first-order valence-corrected chi connectivity index (χ1v) is 11.5. The average Bonchev–Trinajstić information content (AvgIpc) is 2.93. The summed E-state index contributed by atoms with van der Waals surface area (Å²) in [6.07, 6.45) is 0.865. The molecule has 2 heterocycles. The molecule has 2 saturated heterocycles. The van der Waals surface area contributed by atoms with Gasteiger partial charge in [0.2, 0.25) is 0 Å². The third kappa shape index (κ3) is 5.52. The van der Waals surface area contributed by atoms with Crippen molar-refractivity contribution in [2.45, 2.75) is 84.2 Å². The maximum atomic E-state index is 15.0. The smallest absolute Gasteiger partial charge is 0.444 e. The normalized spacial score (nSPS) is 20.6. The highest BCUT2D eigenvalue weighted by Crippen LogP contribution is 2.36. The first-order chi connectivity index (χ1) is 15.1. The largest absolute Gasteiger partial charge is 0.494 e. The standard InChI is InChI=1S/C24H36BFN2O5/c1-22(2,3)31-21(30)28-13-11-17(12-14-28)27(8)20(29)18-10-9-16(15-19(18)26)25-32-23(4,5)24(6,7)33-25/h9-10,15,17H,11-14H2,1-8H3. The summed E-state index contributed by atoms with van der Waals surface area (Å²) in [7, 11) is 0.987. The number of hydrogen-bond acceptors (Lipinski definition) is 5. The number of nitrogens with zero attached hydrogens (tertiary/aromatic N) is 2. The predicted molar refractivity (Wildman–Crippen MR) is 125 cm³/mol. The minimum atomic E-state index is -0.691. The number of carbonyl (C=O) groups excluding carboxylic acids is 2. The molecule has 2 aliphatic rings. The number of halogens is 1. The fourth-order valence-electron chi connectivity index (χ4n) is 3.95. The van der Waals surface area contributed by atoms with Crippen molar-refractivity contribution < 1.29 is 28.0 Å². The van der Waals surface area contributed by atoms with E-state index in [1.165, 1.54) is 12.1 Å². The minimum absolute atomic E-state index is 0.00680. The van der Waals surface area contributed by atoms with Crippen molar-refractivity contribution in [3.63, 3.8) is 0 Å². The van der Waals surface area contributed by atoms with Gasteiger partial charge >= 0.3 is 13.2 Å². The summed E-state index contributed by atoms with van der Waals surface area (Å²) in [6, 6.07) is 4.40. The Morgan fingerprint density at radius 2 is 1.67 bits per heavy atom. The number of ether oxygens (including phenoxy) is 1. The van der Waals surface area contributed by atoms with Crippen LogP contribution in [-0.2, 0) is 14.0 Å². The molecule has 0 aliphatic carbocycles. The summed E-state index contributed by atoms with van der Waals surface area (Å²) < 4.78 is 32.3. The Morgan fingerprint density at radius 3 is 2.15 bits per heavy atom. The van der Waals surface area contributed by atoms with Crippen LogP contribution in [0.5, 0.6) is 0 Å². The maximum Gasteiger partial charge on any atom is 0.494 e. The minimum Gasteiger partial charge on any atom is -0.444 e. The van der Waals surface area contributed by atoms with E-state index in [9.17, 15) is 14.0 Å². The van der Waals surface area contributed by atoms with E-state index in [-0.39, 0.29) is 23.6 Å². The van der Waals surface area contributed by atoms with Gasteiger partial charge in [-0.3, -0.25) is 4.79 Å². The molecule has 0 unspecified atom stereocenters. The maximum absolute atomic E-state index is 15.0. The van der Waals surface area contributed by atoms with Crippen LogP contribution in [0.2, 0.25) is 0 Å². The van der Waals surface area contributed by atoms with Crippen LogP contribution < -0.4 is 5.46 Å². The van der Waals surface area contributed by atoms with Gasteiger partial charge in [0.15, 0.2) is 0 Å². The number of rotatable bonds is 3. The van der Waals surface area contributed by atoms with Gasteiger partial charge < -0.3 is 23.8 Å². The third-order valence-corrected chi connectivity index (χ3v) is 6.73. The Labute approximate surface area is 196 Å². The summed E-state index contributed by atoms with van der Waals surface area (Å²) in [5.41, 5.74) is -1.07. The van der Waals surface area contributed by atoms with Gasteiger partial charge in [0.05, 0.1) is 16.8 Å². The zero-order chi connectivity index (χ0) is 24.8. The summed E-state index contributed by atoms with van der Waals surface area (Å²) in [5, 5.41) is 0. The first-order valence-electron chi connectivity index (χ1n) is 11.5. The topological polar surface area (TPSA) is 68.3 Å². The molecule has 0 spiro atoms. The van der Waals surface area contributed by atoms with Gasteiger partial charge in [-0.2, -0.15) is 0 Å². The zero-order valence-corrected chi connectivity index (χ0v) is 21.0. The first kappa shape index (κ1) is 25.5. The van der Waals surface area contributed by atoms with E-state index < -0.39 is 29.7 Å². The highest BCUT2D eigenvalue weighted by Gasteiger charge is 2.51. The number of piperidine rings is 1. The Morgan fingerprint density at radius 1 is 1.12 bits per heavy atom. The zero-order valence-electron chi connectivity index (χ0n) is 21.0. The highest BCUT2D eigenvalue weighted by atomic mass is 19.1. The fraction of sp³-hybridized carbons (Fsp3) is 0.667. The Kier molecular flexibility index (Phi) is 6.88. The Bertz CT molecular complexity index is 891. The van der Waals surface area contributed by atoms with Crippen molar-refractivity contribution in [1.29, 1.82) is 0 Å². The van der Waals surface area contributed by atoms with Crippen LogP contribution in [0.3, 0.4) is 0 Å². The van der Waals surface area contributed by atoms with Crippen molar-refractivity contribution in [3.05, 3.63) is 29.6 Å². The molecular formula is C24H36BFN2O5. The molecule has 0 aromatic heterocycles. The molecule has 7 nitrogen and oxygen atoms in total. The number of hydrogen-bond donors (Lipinski definition) is 0. The second-order valence-corrected chi connectivity index (χ2v) is 10.9. The molecule has 0 bridgehead atoms. The molecule has 0 radical (unpaired) electrons. The molecule has 1 aromatic rings. The van der Waals surface area contributed by atoms with Gasteiger partial charge in [0, 0.05) is 26.2 Å². The lowest BCUT2D eigenvalue weighted by Crippen LogP contribution is -2.48. The second kappa shape index (κ2) is 8.91. The molecule has 182 valence electrons. The van der Waals surface area contributed by atoms with Gasteiger partial charge in [0.25, 0.3) is 5.91 Å². The van der Waals surface area contributed by atoms with Crippen molar-refractivity contribution in [2.24, 2.45) is 0 Å². The molecule has 3 rings (SSSR count). The van der Waals surface area contributed by atoms with Crippen LogP contribution in [0.25, 0.3) is 0 Å². The van der Waals surface area contributed by atoms with Crippen molar-refractivity contribution >= 4 is 24.6 Å². The lowest BCUT2D eigenvalue weighted by atomic mass is 9.78. The van der Waals surface area contributed by atoms with Crippen molar-refractivity contribution in [3.8, 4) is 0 Å². The lowest BCUT2D eigenvalue weighted by molar-refractivity contribution is 0.00578. The molecule has 0 atom stereocenters. The van der Waals surface area contributed by atoms with Crippen LogP contribution in [0.1, 0.15) is 71.7 Å². The van der Waals surface area contributed by atoms with Crippen LogP contribution in [0, 0.1) is 5.82 Å². The van der Waals surface area contributed by atoms with Crippen LogP contribution in [-0.4, -0.2) is 71.9 Å². The van der Waals surface area contributed by atoms with E-state index >= 15 is 0 Å². The number of benzene rings is 1. The summed E-state index contributed by atoms with van der Waals surface area (Å²) in [4.78, 5) is 28.5. The Balaban J connectivity index is 1.63. The molecule has 33 heavy (non-hydrogen) atoms. The lowest BCUT2D eigenvalue weighted by Gasteiger charge is -2.37. The van der Waals surface area contributed by atoms with E-state index in [1.54, 1.807) is 22.9 Å². The predicted octanol–water partition coefficient (Wildman–Crippen LogP) is 3.60. The van der Waals surface area contributed by atoms with E-state index in [0.29, 0.717) is 31.4 Å². The van der Waals surface area contributed by atoms with Gasteiger partial charge in [-0.25, -0.2) is 9.18 Å². The molecular weight excluding hydrogens is 426 g/mol. The number of carbonyl (C=O) groups is 2. The Hall–Kier alpha value is -2.13. The molecule has 0 N–H and O–H groups in total. The number of likely N-dealkylation sites (tertiary alicyclic amines) is 1. The summed E-state index contributed by atoms with van der Waals surface area (Å²) >= 11 is 0. The molecule has 1 aromatic carbocycles. The van der Waals surface area contributed by atoms with E-state index in [0.717, 1.165) is 0 Å². The van der Waals surface area contributed by atoms with Crippen LogP contribution >= 0.6 is 0 Å². The second-order valence-electron chi connectivity index (χ2n) is 10.9. The molecule has 9 heteroatoms. The van der Waals surface area contributed by atoms with Crippen LogP contribution in [0.15, 0.2) is 18.2 Å². The van der Waals surface area contributed by atoms with Gasteiger partial charge in [-0.05, 0) is 78.9 Å². The van der Waals surface area contributed by atoms with E-state index in [4.69, 9.17) is 14.0 Å². The molecule has 0 saturated carbocycles.